The van der Waals surface area contributed by atoms with Crippen molar-refractivity contribution < 1.29 is 23.9 Å². The highest BCUT2D eigenvalue weighted by Gasteiger charge is 2.36. The Morgan fingerprint density at radius 1 is 1.00 bits per heavy atom. The predicted molar refractivity (Wildman–Crippen MR) is 120 cm³/mol. The Morgan fingerprint density at radius 3 is 2.44 bits per heavy atom. The van der Waals surface area contributed by atoms with Gasteiger partial charge >= 0.3 is 5.97 Å². The molecule has 2 aromatic rings. The van der Waals surface area contributed by atoms with Gasteiger partial charge in [0.15, 0.2) is 6.61 Å². The minimum atomic E-state index is -0.848. The summed E-state index contributed by atoms with van der Waals surface area (Å²) in [6.07, 6.45) is -0.178. The number of carbonyl (C=O) groups excluding carboxylic acids is 4. The number of rotatable bonds is 6. The summed E-state index contributed by atoms with van der Waals surface area (Å²) in [5.74, 6) is -3.30. The average molecular weight is 519 g/mol. The van der Waals surface area contributed by atoms with Crippen molar-refractivity contribution >= 4 is 75.8 Å². The predicted octanol–water partition coefficient (Wildman–Crippen LogP) is 3.98. The number of carbonyl (C=O) groups is 4. The van der Waals surface area contributed by atoms with Crippen molar-refractivity contribution in [3.63, 3.8) is 0 Å². The molecule has 0 bridgehead atoms. The van der Waals surface area contributed by atoms with Crippen LogP contribution in [-0.2, 0) is 19.1 Å². The van der Waals surface area contributed by atoms with E-state index in [1.54, 1.807) is 6.07 Å². The molecule has 1 aliphatic heterocycles. The zero-order valence-corrected chi connectivity index (χ0v) is 19.2. The lowest BCUT2D eigenvalue weighted by Crippen LogP contribution is -2.43. The molecular weight excluding hydrogens is 504 g/mol. The minimum Gasteiger partial charge on any atom is -0.455 e. The smallest absolute Gasteiger partial charge is 0.311 e. The molecule has 1 fully saturated rings. The molecule has 1 heterocycles. The summed E-state index contributed by atoms with van der Waals surface area (Å²) in [7, 11) is 0. The summed E-state index contributed by atoms with van der Waals surface area (Å²) < 4.78 is 4.99. The van der Waals surface area contributed by atoms with Gasteiger partial charge in [0.25, 0.3) is 11.8 Å². The quantitative estimate of drug-likeness (QED) is 0.563. The molecule has 0 spiro atoms. The SMILES string of the molecule is O=C(COC(=O)[C@@H]1CC(=O)N(NC(=O)c2ccc(Cl)c(Cl)c2)C1)Nc1cc(Cl)ccc1Cl. The van der Waals surface area contributed by atoms with Crippen LogP contribution in [0.15, 0.2) is 36.4 Å². The molecule has 0 saturated carbocycles. The number of nitrogens with zero attached hydrogens (tertiary/aromatic N) is 1. The van der Waals surface area contributed by atoms with Crippen molar-refractivity contribution in [1.29, 1.82) is 0 Å². The zero-order chi connectivity index (χ0) is 23.4. The maximum Gasteiger partial charge on any atom is 0.311 e. The summed E-state index contributed by atoms with van der Waals surface area (Å²) in [5, 5.41) is 4.60. The number of amides is 3. The van der Waals surface area contributed by atoms with Gasteiger partial charge in [-0.05, 0) is 36.4 Å². The molecule has 168 valence electrons. The molecule has 0 unspecified atom stereocenters. The van der Waals surface area contributed by atoms with Gasteiger partial charge in [0.05, 0.1) is 33.2 Å². The highest BCUT2D eigenvalue weighted by Crippen LogP contribution is 2.26. The number of benzene rings is 2. The Labute approximate surface area is 202 Å². The number of ether oxygens (including phenoxy) is 1. The summed E-state index contributed by atoms with van der Waals surface area (Å²) in [6.45, 7) is -0.686. The lowest BCUT2D eigenvalue weighted by molar-refractivity contribution is -0.151. The van der Waals surface area contributed by atoms with Gasteiger partial charge in [-0.3, -0.25) is 29.6 Å². The first kappa shape index (κ1) is 24.1. The topological polar surface area (TPSA) is 105 Å². The van der Waals surface area contributed by atoms with Crippen molar-refractivity contribution in [1.82, 2.24) is 10.4 Å². The molecule has 2 N–H and O–H groups in total. The van der Waals surface area contributed by atoms with Crippen molar-refractivity contribution in [3.8, 4) is 0 Å². The normalized spacial score (nSPS) is 15.4. The number of esters is 1. The van der Waals surface area contributed by atoms with Gasteiger partial charge in [-0.1, -0.05) is 46.4 Å². The molecule has 3 rings (SSSR count). The second kappa shape index (κ2) is 10.4. The van der Waals surface area contributed by atoms with Crippen molar-refractivity contribution in [2.24, 2.45) is 5.92 Å². The standard InChI is InChI=1S/C20H15Cl4N3O5/c21-12-2-4-14(23)16(7-12)25-17(28)9-32-20(31)11-6-18(29)27(8-11)26-19(30)10-1-3-13(22)15(24)5-10/h1-5,7,11H,6,8-9H2,(H,25,28)(H,26,30)/t11-/m1/s1. The first-order valence-corrected chi connectivity index (χ1v) is 10.6. The van der Waals surface area contributed by atoms with Crippen LogP contribution in [0.25, 0.3) is 0 Å². The van der Waals surface area contributed by atoms with Crippen LogP contribution >= 0.6 is 46.4 Å². The first-order valence-electron chi connectivity index (χ1n) is 9.12. The summed E-state index contributed by atoms with van der Waals surface area (Å²) >= 11 is 23.5. The molecule has 8 nitrogen and oxygen atoms in total. The Hall–Kier alpha value is -2.52. The highest BCUT2D eigenvalue weighted by molar-refractivity contribution is 6.42. The fourth-order valence-corrected chi connectivity index (χ4v) is 3.47. The molecule has 0 aliphatic carbocycles. The van der Waals surface area contributed by atoms with Gasteiger partial charge in [0, 0.05) is 17.0 Å². The van der Waals surface area contributed by atoms with Gasteiger partial charge in [-0.25, -0.2) is 0 Å². The van der Waals surface area contributed by atoms with Crippen LogP contribution in [0.5, 0.6) is 0 Å². The third-order valence-corrected chi connectivity index (χ3v) is 5.73. The Kier molecular flexibility index (Phi) is 7.84. The van der Waals surface area contributed by atoms with E-state index in [1.165, 1.54) is 30.3 Å². The first-order chi connectivity index (χ1) is 15.1. The summed E-state index contributed by atoms with van der Waals surface area (Å²) in [5.41, 5.74) is 2.87. The maximum absolute atomic E-state index is 12.3. The second-order valence-electron chi connectivity index (χ2n) is 6.76. The summed E-state index contributed by atoms with van der Waals surface area (Å²) in [6, 6.07) is 8.77. The largest absolute Gasteiger partial charge is 0.455 e. The molecule has 2 aromatic carbocycles. The van der Waals surface area contributed by atoms with Crippen LogP contribution in [0.2, 0.25) is 20.1 Å². The van der Waals surface area contributed by atoms with Gasteiger partial charge in [-0.15, -0.1) is 0 Å². The van der Waals surface area contributed by atoms with Crippen molar-refractivity contribution in [3.05, 3.63) is 62.1 Å². The van der Waals surface area contributed by atoms with Crippen LogP contribution in [0, 0.1) is 5.92 Å². The molecule has 12 heteroatoms. The molecule has 0 aromatic heterocycles. The molecule has 1 aliphatic rings. The van der Waals surface area contributed by atoms with Gasteiger partial charge in [0.1, 0.15) is 0 Å². The van der Waals surface area contributed by atoms with Gasteiger partial charge < -0.3 is 10.1 Å². The average Bonchev–Trinajstić information content (AvgIpc) is 3.11. The van der Waals surface area contributed by atoms with Gasteiger partial charge in [0.2, 0.25) is 5.91 Å². The maximum atomic E-state index is 12.3. The Morgan fingerprint density at radius 2 is 1.72 bits per heavy atom. The van der Waals surface area contributed by atoms with Crippen LogP contribution in [0.4, 0.5) is 5.69 Å². The number of hydrazine groups is 1. The number of hydrogen-bond acceptors (Lipinski definition) is 5. The lowest BCUT2D eigenvalue weighted by Gasteiger charge is -2.17. The molecule has 1 atom stereocenters. The number of halogens is 4. The van der Waals surface area contributed by atoms with E-state index < -0.39 is 36.2 Å². The zero-order valence-electron chi connectivity index (χ0n) is 16.2. The van der Waals surface area contributed by atoms with E-state index in [9.17, 15) is 19.2 Å². The van der Waals surface area contributed by atoms with Crippen molar-refractivity contribution in [2.45, 2.75) is 6.42 Å². The number of anilines is 1. The van der Waals surface area contributed by atoms with Crippen LogP contribution in [0.1, 0.15) is 16.8 Å². The third-order valence-electron chi connectivity index (χ3n) is 4.42. The second-order valence-corrected chi connectivity index (χ2v) is 8.41. The van der Waals surface area contributed by atoms with Crippen LogP contribution in [0.3, 0.4) is 0 Å². The number of hydrogen-bond donors (Lipinski definition) is 2. The van der Waals surface area contributed by atoms with E-state index in [-0.39, 0.29) is 39.3 Å². The monoisotopic (exact) mass is 517 g/mol. The fraction of sp³-hybridized carbons (Fsp3) is 0.200. The molecule has 0 radical (unpaired) electrons. The lowest BCUT2D eigenvalue weighted by atomic mass is 10.1. The minimum absolute atomic E-state index is 0.105. The Bertz CT molecular complexity index is 1090. The molecule has 32 heavy (non-hydrogen) atoms. The van der Waals surface area contributed by atoms with E-state index >= 15 is 0 Å². The van der Waals surface area contributed by atoms with E-state index in [2.05, 4.69) is 10.7 Å². The van der Waals surface area contributed by atoms with Gasteiger partial charge in [-0.2, -0.15) is 0 Å². The van der Waals surface area contributed by atoms with E-state index in [1.807, 2.05) is 0 Å². The third kappa shape index (κ3) is 6.04. The van der Waals surface area contributed by atoms with Crippen LogP contribution in [-0.4, -0.2) is 41.9 Å². The fourth-order valence-electron chi connectivity index (χ4n) is 2.83. The molecular formula is C20H15Cl4N3O5. The van der Waals surface area contributed by atoms with Crippen LogP contribution < -0.4 is 10.7 Å². The Balaban J connectivity index is 1.51. The molecule has 1 saturated heterocycles. The summed E-state index contributed by atoms with van der Waals surface area (Å²) in [4.78, 5) is 48.8. The van der Waals surface area contributed by atoms with E-state index in [4.69, 9.17) is 51.1 Å². The highest BCUT2D eigenvalue weighted by atomic mass is 35.5. The van der Waals surface area contributed by atoms with E-state index in [0.717, 1.165) is 5.01 Å². The number of nitrogens with one attached hydrogen (secondary N) is 2. The van der Waals surface area contributed by atoms with Crippen molar-refractivity contribution in [2.75, 3.05) is 18.5 Å². The molecule has 3 amide bonds. The van der Waals surface area contributed by atoms with E-state index in [0.29, 0.717) is 5.02 Å².